The summed E-state index contributed by atoms with van der Waals surface area (Å²) in [4.78, 5) is 8.60. The molecule has 2 aromatic heterocycles. The van der Waals surface area contributed by atoms with Crippen molar-refractivity contribution in [3.63, 3.8) is 0 Å². The highest BCUT2D eigenvalue weighted by Gasteiger charge is 2.12. The van der Waals surface area contributed by atoms with Crippen LogP contribution in [-0.4, -0.2) is 36.7 Å². The van der Waals surface area contributed by atoms with Crippen LogP contribution in [0.3, 0.4) is 0 Å². The molecule has 0 aromatic carbocycles. The summed E-state index contributed by atoms with van der Waals surface area (Å²) >= 11 is 0. The SMILES string of the molecule is Cc1cc(OC(C)C)nc(NC(C)c2nn[nH]n2)n1. The van der Waals surface area contributed by atoms with Gasteiger partial charge in [0.15, 0.2) is 5.82 Å². The lowest BCUT2D eigenvalue weighted by Crippen LogP contribution is -2.13. The fraction of sp³-hybridized carbons (Fsp3) is 0.545. The zero-order valence-electron chi connectivity index (χ0n) is 11.4. The third-order valence-electron chi connectivity index (χ3n) is 2.28. The van der Waals surface area contributed by atoms with E-state index < -0.39 is 0 Å². The molecule has 8 nitrogen and oxygen atoms in total. The average molecular weight is 263 g/mol. The molecule has 0 aliphatic rings. The minimum atomic E-state index is -0.146. The van der Waals surface area contributed by atoms with Crippen LogP contribution in [0.5, 0.6) is 5.88 Å². The van der Waals surface area contributed by atoms with Crippen LogP contribution in [0.15, 0.2) is 6.07 Å². The highest BCUT2D eigenvalue weighted by atomic mass is 16.5. The van der Waals surface area contributed by atoms with E-state index in [1.165, 1.54) is 0 Å². The number of hydrogen-bond donors (Lipinski definition) is 2. The standard InChI is InChI=1S/C11H17N7O/c1-6(2)19-9-5-7(3)12-11(14-9)13-8(4)10-15-17-18-16-10/h5-6,8H,1-4H3,(H,12,13,14)(H,15,16,17,18). The van der Waals surface area contributed by atoms with Gasteiger partial charge in [0, 0.05) is 11.8 Å². The van der Waals surface area contributed by atoms with E-state index in [9.17, 15) is 0 Å². The summed E-state index contributed by atoms with van der Waals surface area (Å²) in [7, 11) is 0. The number of hydrogen-bond acceptors (Lipinski definition) is 7. The van der Waals surface area contributed by atoms with Gasteiger partial charge in [-0.2, -0.15) is 10.2 Å². The molecule has 0 saturated carbocycles. The summed E-state index contributed by atoms with van der Waals surface area (Å²) in [6.45, 7) is 7.69. The Bertz CT molecular complexity index is 526. The third-order valence-corrected chi connectivity index (χ3v) is 2.28. The Morgan fingerprint density at radius 2 is 2.05 bits per heavy atom. The number of ether oxygens (including phenoxy) is 1. The van der Waals surface area contributed by atoms with Crippen LogP contribution in [0.2, 0.25) is 0 Å². The molecule has 0 aliphatic heterocycles. The van der Waals surface area contributed by atoms with Gasteiger partial charge in [-0.05, 0) is 27.7 Å². The van der Waals surface area contributed by atoms with E-state index in [1.54, 1.807) is 6.07 Å². The monoisotopic (exact) mass is 263 g/mol. The van der Waals surface area contributed by atoms with Crippen molar-refractivity contribution < 1.29 is 4.74 Å². The number of tetrazole rings is 1. The number of nitrogens with one attached hydrogen (secondary N) is 2. The molecule has 2 aromatic rings. The van der Waals surface area contributed by atoms with E-state index >= 15 is 0 Å². The van der Waals surface area contributed by atoms with Gasteiger partial charge in [0.05, 0.1) is 12.1 Å². The van der Waals surface area contributed by atoms with Gasteiger partial charge in [0.25, 0.3) is 0 Å². The van der Waals surface area contributed by atoms with Crippen LogP contribution in [0.1, 0.15) is 38.3 Å². The summed E-state index contributed by atoms with van der Waals surface area (Å²) < 4.78 is 5.57. The van der Waals surface area contributed by atoms with Crippen molar-refractivity contribution in [1.82, 2.24) is 30.6 Å². The van der Waals surface area contributed by atoms with E-state index in [4.69, 9.17) is 4.74 Å². The molecule has 0 amide bonds. The number of aromatic amines is 1. The summed E-state index contributed by atoms with van der Waals surface area (Å²) in [5.74, 6) is 1.58. The Kier molecular flexibility index (Phi) is 3.88. The highest BCUT2D eigenvalue weighted by Crippen LogP contribution is 2.17. The van der Waals surface area contributed by atoms with Crippen LogP contribution >= 0.6 is 0 Å². The van der Waals surface area contributed by atoms with Gasteiger partial charge in [-0.1, -0.05) is 5.21 Å². The Labute approximate surface area is 111 Å². The van der Waals surface area contributed by atoms with Gasteiger partial charge in [0.1, 0.15) is 0 Å². The Morgan fingerprint density at radius 1 is 1.26 bits per heavy atom. The van der Waals surface area contributed by atoms with E-state index in [-0.39, 0.29) is 12.1 Å². The van der Waals surface area contributed by atoms with E-state index in [0.29, 0.717) is 17.7 Å². The lowest BCUT2D eigenvalue weighted by molar-refractivity contribution is 0.232. The summed E-state index contributed by atoms with van der Waals surface area (Å²) in [6.07, 6.45) is 0.0665. The van der Waals surface area contributed by atoms with Crippen molar-refractivity contribution in [3.8, 4) is 5.88 Å². The topological polar surface area (TPSA) is 102 Å². The quantitative estimate of drug-likeness (QED) is 0.837. The van der Waals surface area contributed by atoms with E-state index in [2.05, 4.69) is 35.9 Å². The molecular weight excluding hydrogens is 246 g/mol. The summed E-state index contributed by atoms with van der Waals surface area (Å²) in [6, 6.07) is 1.65. The van der Waals surface area contributed by atoms with Crippen molar-refractivity contribution in [3.05, 3.63) is 17.6 Å². The number of anilines is 1. The molecule has 0 spiro atoms. The average Bonchev–Trinajstić information content (AvgIpc) is 2.79. The maximum absolute atomic E-state index is 5.57. The number of rotatable bonds is 5. The molecular formula is C11H17N7O. The number of aryl methyl sites for hydroxylation is 1. The predicted octanol–water partition coefficient (Wildman–Crippen LogP) is 1.26. The first-order chi connectivity index (χ1) is 9.04. The summed E-state index contributed by atoms with van der Waals surface area (Å²) in [5, 5.41) is 16.9. The van der Waals surface area contributed by atoms with Gasteiger partial charge in [-0.3, -0.25) is 0 Å². The van der Waals surface area contributed by atoms with Gasteiger partial charge in [-0.15, -0.1) is 10.2 Å². The second kappa shape index (κ2) is 5.59. The zero-order chi connectivity index (χ0) is 13.8. The van der Waals surface area contributed by atoms with Crippen molar-refractivity contribution >= 4 is 5.95 Å². The maximum Gasteiger partial charge on any atom is 0.226 e. The number of H-pyrrole nitrogens is 1. The Morgan fingerprint density at radius 3 is 2.68 bits per heavy atom. The van der Waals surface area contributed by atoms with Crippen LogP contribution < -0.4 is 10.1 Å². The Hall–Kier alpha value is -2.25. The lowest BCUT2D eigenvalue weighted by Gasteiger charge is -2.13. The third kappa shape index (κ3) is 3.60. The largest absolute Gasteiger partial charge is 0.475 e. The van der Waals surface area contributed by atoms with Gasteiger partial charge < -0.3 is 10.1 Å². The molecule has 0 aliphatic carbocycles. The molecule has 2 rings (SSSR count). The van der Waals surface area contributed by atoms with Crippen LogP contribution in [0.25, 0.3) is 0 Å². The predicted molar refractivity (Wildman–Crippen MR) is 68.7 cm³/mol. The molecule has 102 valence electrons. The van der Waals surface area contributed by atoms with Gasteiger partial charge in [0.2, 0.25) is 11.8 Å². The van der Waals surface area contributed by atoms with Crippen LogP contribution in [0.4, 0.5) is 5.95 Å². The second-order valence-corrected chi connectivity index (χ2v) is 4.47. The molecule has 1 unspecified atom stereocenters. The number of aromatic nitrogens is 6. The smallest absolute Gasteiger partial charge is 0.226 e. The molecule has 0 fully saturated rings. The minimum absolute atomic E-state index is 0.0665. The molecule has 19 heavy (non-hydrogen) atoms. The van der Waals surface area contributed by atoms with E-state index in [1.807, 2.05) is 27.7 Å². The van der Waals surface area contributed by atoms with Gasteiger partial charge >= 0.3 is 0 Å². The van der Waals surface area contributed by atoms with Crippen molar-refractivity contribution in [1.29, 1.82) is 0 Å². The normalized spacial score (nSPS) is 12.5. The van der Waals surface area contributed by atoms with Crippen LogP contribution in [-0.2, 0) is 0 Å². The van der Waals surface area contributed by atoms with Gasteiger partial charge in [-0.25, -0.2) is 4.98 Å². The summed E-state index contributed by atoms with van der Waals surface area (Å²) in [5.41, 5.74) is 0.827. The molecule has 8 heteroatoms. The van der Waals surface area contributed by atoms with Crippen molar-refractivity contribution in [2.45, 2.75) is 39.8 Å². The fourth-order valence-corrected chi connectivity index (χ4v) is 1.52. The first-order valence-corrected chi connectivity index (χ1v) is 6.07. The first kappa shape index (κ1) is 13.2. The lowest BCUT2D eigenvalue weighted by atomic mass is 10.3. The molecule has 0 bridgehead atoms. The first-order valence-electron chi connectivity index (χ1n) is 6.07. The molecule has 2 N–H and O–H groups in total. The Balaban J connectivity index is 2.13. The minimum Gasteiger partial charge on any atom is -0.475 e. The molecule has 2 heterocycles. The second-order valence-electron chi connectivity index (χ2n) is 4.47. The zero-order valence-corrected chi connectivity index (χ0v) is 11.4. The highest BCUT2D eigenvalue weighted by molar-refractivity contribution is 5.32. The fourth-order valence-electron chi connectivity index (χ4n) is 1.52. The molecule has 0 saturated heterocycles. The van der Waals surface area contributed by atoms with Crippen molar-refractivity contribution in [2.24, 2.45) is 0 Å². The molecule has 0 radical (unpaired) electrons. The maximum atomic E-state index is 5.57. The number of nitrogens with zero attached hydrogens (tertiary/aromatic N) is 5. The van der Waals surface area contributed by atoms with E-state index in [0.717, 1.165) is 5.69 Å². The van der Waals surface area contributed by atoms with Crippen molar-refractivity contribution in [2.75, 3.05) is 5.32 Å². The molecule has 1 atom stereocenters. The van der Waals surface area contributed by atoms with Crippen LogP contribution in [0, 0.1) is 6.92 Å².